The van der Waals surface area contributed by atoms with Gasteiger partial charge in [-0.25, -0.2) is 4.98 Å². The van der Waals surface area contributed by atoms with Crippen LogP contribution in [0, 0.1) is 20.2 Å². The van der Waals surface area contributed by atoms with Crippen LogP contribution in [0.5, 0.6) is 0 Å². The smallest absolute Gasteiger partial charge is 0.340 e. The van der Waals surface area contributed by atoms with E-state index in [1.54, 1.807) is 0 Å². The number of pyridine rings is 1. The molecule has 0 aromatic carbocycles. The van der Waals surface area contributed by atoms with Crippen LogP contribution < -0.4 is 11.5 Å². The third-order valence-corrected chi connectivity index (χ3v) is 1.48. The number of nitro groups is 2. The molecule has 0 aliphatic heterocycles. The minimum atomic E-state index is -0.912. The molecule has 1 aromatic heterocycles. The van der Waals surface area contributed by atoms with Crippen molar-refractivity contribution in [3.05, 3.63) is 26.4 Å². The van der Waals surface area contributed by atoms with Gasteiger partial charge in [-0.2, -0.15) is 0 Å². The van der Waals surface area contributed by atoms with Crippen molar-refractivity contribution < 1.29 is 9.85 Å². The van der Waals surface area contributed by atoms with Crippen LogP contribution in [0.2, 0.25) is 0 Å². The second-order valence-corrected chi connectivity index (χ2v) is 2.31. The van der Waals surface area contributed by atoms with Gasteiger partial charge in [-0.3, -0.25) is 20.2 Å². The summed E-state index contributed by atoms with van der Waals surface area (Å²) in [6, 6.07) is 0. The molecule has 0 unspecified atom stereocenters. The van der Waals surface area contributed by atoms with Crippen molar-refractivity contribution in [1.82, 2.24) is 4.98 Å². The molecule has 9 nitrogen and oxygen atoms in total. The largest absolute Gasteiger partial charge is 0.387 e. The predicted molar refractivity (Wildman–Crippen MR) is 46.4 cm³/mol. The molecule has 0 aliphatic rings. The van der Waals surface area contributed by atoms with Crippen molar-refractivity contribution in [1.29, 1.82) is 0 Å². The lowest BCUT2D eigenvalue weighted by molar-refractivity contribution is -0.392. The second-order valence-electron chi connectivity index (χ2n) is 2.31. The van der Waals surface area contributed by atoms with Crippen molar-refractivity contribution in [2.24, 2.45) is 0 Å². The van der Waals surface area contributed by atoms with Crippen molar-refractivity contribution in [3.8, 4) is 0 Å². The van der Waals surface area contributed by atoms with Gasteiger partial charge in [0.25, 0.3) is 0 Å². The monoisotopic (exact) mass is 199 g/mol. The van der Waals surface area contributed by atoms with E-state index >= 15 is 0 Å². The quantitative estimate of drug-likeness (QED) is 0.504. The van der Waals surface area contributed by atoms with Gasteiger partial charge in [0.05, 0.1) is 9.85 Å². The topological polar surface area (TPSA) is 151 Å². The van der Waals surface area contributed by atoms with Gasteiger partial charge >= 0.3 is 11.4 Å². The molecular weight excluding hydrogens is 194 g/mol. The van der Waals surface area contributed by atoms with Gasteiger partial charge in [0.1, 0.15) is 6.20 Å². The van der Waals surface area contributed by atoms with Crippen molar-refractivity contribution in [3.63, 3.8) is 0 Å². The first-order valence-corrected chi connectivity index (χ1v) is 3.28. The minimum Gasteiger partial charge on any atom is -0.387 e. The van der Waals surface area contributed by atoms with E-state index in [-0.39, 0.29) is 0 Å². The summed E-state index contributed by atoms with van der Waals surface area (Å²) >= 11 is 0. The minimum absolute atomic E-state index is 0.446. The molecule has 0 saturated carbocycles. The summed E-state index contributed by atoms with van der Waals surface area (Å²) in [5, 5.41) is 20.7. The van der Waals surface area contributed by atoms with Gasteiger partial charge < -0.3 is 11.5 Å². The molecule has 0 bridgehead atoms. The Morgan fingerprint density at radius 3 is 2.21 bits per heavy atom. The zero-order valence-electron chi connectivity index (χ0n) is 6.71. The Kier molecular flexibility index (Phi) is 2.15. The lowest BCUT2D eigenvalue weighted by Gasteiger charge is -1.99. The first kappa shape index (κ1) is 9.64. The molecule has 0 fully saturated rings. The highest BCUT2D eigenvalue weighted by molar-refractivity contribution is 5.77. The molecule has 1 heterocycles. The maximum absolute atomic E-state index is 10.4. The van der Waals surface area contributed by atoms with Crippen LogP contribution in [0.15, 0.2) is 6.20 Å². The molecule has 0 saturated heterocycles. The van der Waals surface area contributed by atoms with Crippen LogP contribution in [0.4, 0.5) is 22.9 Å². The maximum Gasteiger partial charge on any atom is 0.340 e. The first-order valence-electron chi connectivity index (χ1n) is 3.28. The lowest BCUT2D eigenvalue weighted by Crippen LogP contribution is -2.05. The predicted octanol–water partition coefficient (Wildman–Crippen LogP) is 0.0624. The molecule has 9 heteroatoms. The highest BCUT2D eigenvalue weighted by atomic mass is 16.6. The molecule has 14 heavy (non-hydrogen) atoms. The molecule has 0 aliphatic carbocycles. The number of nitrogens with zero attached hydrogens (tertiary/aromatic N) is 3. The number of hydrogen-bond acceptors (Lipinski definition) is 7. The molecule has 0 atom stereocenters. The first-order chi connectivity index (χ1) is 6.45. The SMILES string of the molecule is Nc1ncc([N+](=O)[O-])c(N)c1[N+](=O)[O-]. The molecule has 0 amide bonds. The third-order valence-electron chi connectivity index (χ3n) is 1.48. The molecular formula is C5H5N5O4. The van der Waals surface area contributed by atoms with Crippen LogP contribution in [0.3, 0.4) is 0 Å². The number of anilines is 2. The van der Waals surface area contributed by atoms with Crippen LogP contribution in [-0.2, 0) is 0 Å². The zero-order chi connectivity index (χ0) is 10.9. The van der Waals surface area contributed by atoms with Crippen LogP contribution in [0.25, 0.3) is 0 Å². The van der Waals surface area contributed by atoms with E-state index in [9.17, 15) is 20.2 Å². The molecule has 0 radical (unpaired) electrons. The summed E-state index contributed by atoms with van der Waals surface area (Å²) in [6.07, 6.45) is 0.775. The Bertz CT molecular complexity index is 417. The van der Waals surface area contributed by atoms with E-state index in [1.807, 2.05) is 0 Å². The van der Waals surface area contributed by atoms with E-state index in [1.165, 1.54) is 0 Å². The standard InChI is InChI=1S/C5H5N5O4/c6-3-2(9(11)12)1-8-5(7)4(3)10(13)14/h1H,(H4,6,7,8). The van der Waals surface area contributed by atoms with Crippen molar-refractivity contribution >= 4 is 22.9 Å². The fraction of sp³-hybridized carbons (Fsp3) is 0. The maximum atomic E-state index is 10.4. The zero-order valence-corrected chi connectivity index (χ0v) is 6.71. The number of nitrogens with two attached hydrogens (primary N) is 2. The van der Waals surface area contributed by atoms with E-state index in [0.717, 1.165) is 6.20 Å². The summed E-state index contributed by atoms with van der Waals surface area (Å²) < 4.78 is 0. The molecule has 1 aromatic rings. The number of nitrogen functional groups attached to an aromatic ring is 2. The van der Waals surface area contributed by atoms with E-state index < -0.39 is 32.7 Å². The Balaban J connectivity index is 3.49. The lowest BCUT2D eigenvalue weighted by atomic mass is 10.3. The average molecular weight is 199 g/mol. The van der Waals surface area contributed by atoms with Gasteiger partial charge in [-0.15, -0.1) is 0 Å². The van der Waals surface area contributed by atoms with E-state index in [4.69, 9.17) is 11.5 Å². The Morgan fingerprint density at radius 2 is 1.79 bits per heavy atom. The highest BCUT2D eigenvalue weighted by Gasteiger charge is 2.26. The van der Waals surface area contributed by atoms with Crippen molar-refractivity contribution in [2.45, 2.75) is 0 Å². The average Bonchev–Trinajstić information content (AvgIpc) is 2.02. The molecule has 1 rings (SSSR count). The summed E-state index contributed by atoms with van der Waals surface area (Å²) in [4.78, 5) is 22.2. The normalized spacial score (nSPS) is 9.71. The summed E-state index contributed by atoms with van der Waals surface area (Å²) in [5.41, 5.74) is 8.36. The highest BCUT2D eigenvalue weighted by Crippen LogP contribution is 2.33. The second kappa shape index (κ2) is 3.12. The summed E-state index contributed by atoms with van der Waals surface area (Å²) in [7, 11) is 0. The van der Waals surface area contributed by atoms with E-state index in [0.29, 0.717) is 0 Å². The van der Waals surface area contributed by atoms with Crippen LogP contribution in [0.1, 0.15) is 0 Å². The van der Waals surface area contributed by atoms with Gasteiger partial charge in [0.2, 0.25) is 5.82 Å². The van der Waals surface area contributed by atoms with E-state index in [2.05, 4.69) is 4.98 Å². The Hall–Kier alpha value is -2.45. The Morgan fingerprint density at radius 1 is 1.21 bits per heavy atom. The fourth-order valence-electron chi connectivity index (χ4n) is 0.858. The molecule has 0 spiro atoms. The Labute approximate surface area is 76.6 Å². The third kappa shape index (κ3) is 1.37. The number of aromatic nitrogens is 1. The molecule has 4 N–H and O–H groups in total. The van der Waals surface area contributed by atoms with Crippen molar-refractivity contribution in [2.75, 3.05) is 11.5 Å². The molecule has 74 valence electrons. The van der Waals surface area contributed by atoms with Crippen LogP contribution in [-0.4, -0.2) is 14.8 Å². The van der Waals surface area contributed by atoms with Gasteiger partial charge in [0.15, 0.2) is 5.69 Å². The number of hydrogen-bond donors (Lipinski definition) is 2. The number of rotatable bonds is 2. The fourth-order valence-corrected chi connectivity index (χ4v) is 0.858. The van der Waals surface area contributed by atoms with Gasteiger partial charge in [-0.1, -0.05) is 0 Å². The van der Waals surface area contributed by atoms with Gasteiger partial charge in [-0.05, 0) is 0 Å². The summed E-state index contributed by atoms with van der Waals surface area (Å²) in [6.45, 7) is 0. The summed E-state index contributed by atoms with van der Waals surface area (Å²) in [5.74, 6) is -0.446. The van der Waals surface area contributed by atoms with Gasteiger partial charge in [0, 0.05) is 0 Å². The van der Waals surface area contributed by atoms with Crippen LogP contribution >= 0.6 is 0 Å².